The van der Waals surface area contributed by atoms with Gasteiger partial charge in [-0.3, -0.25) is 4.79 Å². The lowest BCUT2D eigenvalue weighted by Gasteiger charge is -2.08. The Kier molecular flexibility index (Phi) is 6.25. The quantitative estimate of drug-likeness (QED) is 0.568. The lowest BCUT2D eigenvalue weighted by Crippen LogP contribution is -2.15. The summed E-state index contributed by atoms with van der Waals surface area (Å²) in [5.74, 6) is 0.260. The minimum Gasteiger partial charge on any atom is -0.330 e. The number of hydrogen-bond acceptors (Lipinski definition) is 6. The first-order chi connectivity index (χ1) is 12.6. The molecule has 1 heterocycles. The number of para-hydroxylation sites is 1. The molecule has 134 valence electrons. The van der Waals surface area contributed by atoms with E-state index in [0.29, 0.717) is 5.75 Å². The molecule has 0 bridgehead atoms. The van der Waals surface area contributed by atoms with Crippen LogP contribution in [0.3, 0.4) is 0 Å². The van der Waals surface area contributed by atoms with E-state index in [9.17, 15) is 4.79 Å². The third-order valence-corrected chi connectivity index (χ3v) is 5.65. The molecule has 26 heavy (non-hydrogen) atoms. The third kappa shape index (κ3) is 5.06. The van der Waals surface area contributed by atoms with E-state index in [4.69, 9.17) is 0 Å². The highest BCUT2D eigenvalue weighted by molar-refractivity contribution is 8.01. The van der Waals surface area contributed by atoms with Gasteiger partial charge in [0.15, 0.2) is 4.34 Å². The Morgan fingerprint density at radius 2 is 2.00 bits per heavy atom. The number of aryl methyl sites for hydroxylation is 2. The van der Waals surface area contributed by atoms with Crippen LogP contribution >= 0.6 is 23.1 Å². The Morgan fingerprint density at radius 1 is 1.15 bits per heavy atom. The maximum atomic E-state index is 12.2. The van der Waals surface area contributed by atoms with Crippen LogP contribution < -0.4 is 10.6 Å². The summed E-state index contributed by atoms with van der Waals surface area (Å²) in [5, 5.41) is 15.2. The highest BCUT2D eigenvalue weighted by Gasteiger charge is 2.10. The predicted octanol–water partition coefficient (Wildman–Crippen LogP) is 4.88. The van der Waals surface area contributed by atoms with Gasteiger partial charge in [-0.2, -0.15) is 0 Å². The van der Waals surface area contributed by atoms with Gasteiger partial charge in [-0.1, -0.05) is 60.4 Å². The van der Waals surface area contributed by atoms with E-state index in [1.165, 1.54) is 28.7 Å². The maximum absolute atomic E-state index is 12.2. The number of thioether (sulfide) groups is 1. The lowest BCUT2D eigenvalue weighted by atomic mass is 10.1. The molecule has 0 aliphatic carbocycles. The first kappa shape index (κ1) is 18.4. The van der Waals surface area contributed by atoms with Crippen molar-refractivity contribution >= 4 is 45.5 Å². The maximum Gasteiger partial charge on any atom is 0.234 e. The number of nitrogens with one attached hydrogen (secondary N) is 2. The van der Waals surface area contributed by atoms with Gasteiger partial charge in [0.2, 0.25) is 11.0 Å². The second kappa shape index (κ2) is 8.82. The van der Waals surface area contributed by atoms with E-state index >= 15 is 0 Å². The minimum atomic E-state index is -0.0423. The summed E-state index contributed by atoms with van der Waals surface area (Å²) >= 11 is 2.83. The number of aromatic nitrogens is 2. The molecule has 1 amide bonds. The molecule has 0 aliphatic heterocycles. The van der Waals surface area contributed by atoms with Gasteiger partial charge in [-0.15, -0.1) is 10.2 Å². The SMILES string of the molecule is CCc1ccccc1NC(=O)CSc1nnc(Nc2cccc(C)c2)s1. The number of rotatable bonds is 7. The lowest BCUT2D eigenvalue weighted by molar-refractivity contribution is -0.113. The standard InChI is InChI=1S/C19H20N4OS2/c1-3-14-8-4-5-10-16(14)21-17(24)12-25-19-23-22-18(26-19)20-15-9-6-7-13(2)11-15/h4-11H,3,12H2,1-2H3,(H,20,22)(H,21,24). The first-order valence-corrected chi connectivity index (χ1v) is 10.1. The van der Waals surface area contributed by atoms with Crippen molar-refractivity contribution in [1.82, 2.24) is 10.2 Å². The highest BCUT2D eigenvalue weighted by Crippen LogP contribution is 2.28. The number of anilines is 3. The zero-order valence-electron chi connectivity index (χ0n) is 14.7. The van der Waals surface area contributed by atoms with Gasteiger partial charge in [-0.05, 0) is 42.7 Å². The fourth-order valence-corrected chi connectivity index (χ4v) is 4.00. The zero-order valence-corrected chi connectivity index (χ0v) is 16.3. The van der Waals surface area contributed by atoms with Crippen LogP contribution in [0.4, 0.5) is 16.5 Å². The summed E-state index contributed by atoms with van der Waals surface area (Å²) in [6.07, 6.45) is 0.883. The molecular formula is C19H20N4OS2. The largest absolute Gasteiger partial charge is 0.330 e. The van der Waals surface area contributed by atoms with Crippen LogP contribution in [-0.2, 0) is 11.2 Å². The normalized spacial score (nSPS) is 10.5. The van der Waals surface area contributed by atoms with Crippen molar-refractivity contribution in [3.05, 3.63) is 59.7 Å². The smallest absolute Gasteiger partial charge is 0.234 e. The number of carbonyl (C=O) groups is 1. The van der Waals surface area contributed by atoms with Crippen LogP contribution in [0.15, 0.2) is 52.9 Å². The second-order valence-electron chi connectivity index (χ2n) is 5.72. The fourth-order valence-electron chi connectivity index (χ4n) is 2.43. The molecule has 0 unspecified atom stereocenters. The molecule has 3 rings (SSSR count). The molecule has 1 aromatic heterocycles. The number of carbonyl (C=O) groups excluding carboxylic acids is 1. The topological polar surface area (TPSA) is 66.9 Å². The molecule has 0 saturated heterocycles. The molecule has 3 aromatic rings. The third-order valence-electron chi connectivity index (χ3n) is 3.67. The molecular weight excluding hydrogens is 364 g/mol. The van der Waals surface area contributed by atoms with Crippen LogP contribution in [-0.4, -0.2) is 21.9 Å². The van der Waals surface area contributed by atoms with Gasteiger partial charge in [0, 0.05) is 11.4 Å². The number of benzene rings is 2. The Bertz CT molecular complexity index is 895. The Balaban J connectivity index is 1.53. The highest BCUT2D eigenvalue weighted by atomic mass is 32.2. The van der Waals surface area contributed by atoms with E-state index < -0.39 is 0 Å². The molecule has 0 atom stereocenters. The van der Waals surface area contributed by atoms with Gasteiger partial charge in [-0.25, -0.2) is 0 Å². The Hall–Kier alpha value is -2.38. The van der Waals surface area contributed by atoms with Crippen molar-refractivity contribution in [3.8, 4) is 0 Å². The van der Waals surface area contributed by atoms with E-state index in [1.807, 2.05) is 55.5 Å². The zero-order chi connectivity index (χ0) is 18.4. The molecule has 0 fully saturated rings. The van der Waals surface area contributed by atoms with Crippen LogP contribution in [0.1, 0.15) is 18.1 Å². The average molecular weight is 385 g/mol. The van der Waals surface area contributed by atoms with Crippen LogP contribution in [0.5, 0.6) is 0 Å². The van der Waals surface area contributed by atoms with E-state index in [2.05, 4.69) is 27.8 Å². The molecule has 5 nitrogen and oxygen atoms in total. The van der Waals surface area contributed by atoms with Crippen molar-refractivity contribution in [2.24, 2.45) is 0 Å². The summed E-state index contributed by atoms with van der Waals surface area (Å²) in [6.45, 7) is 4.12. The molecule has 0 radical (unpaired) electrons. The van der Waals surface area contributed by atoms with Crippen molar-refractivity contribution in [2.75, 3.05) is 16.4 Å². The number of hydrogen-bond donors (Lipinski definition) is 2. The van der Waals surface area contributed by atoms with Gasteiger partial charge >= 0.3 is 0 Å². The summed E-state index contributed by atoms with van der Waals surface area (Å²) < 4.78 is 0.763. The van der Waals surface area contributed by atoms with Crippen LogP contribution in [0, 0.1) is 6.92 Å². The number of amides is 1. The summed E-state index contributed by atoms with van der Waals surface area (Å²) in [4.78, 5) is 12.2. The average Bonchev–Trinajstić information content (AvgIpc) is 3.08. The van der Waals surface area contributed by atoms with E-state index in [0.717, 1.165) is 32.8 Å². The van der Waals surface area contributed by atoms with Crippen molar-refractivity contribution in [1.29, 1.82) is 0 Å². The summed E-state index contributed by atoms with van der Waals surface area (Å²) in [5.41, 5.74) is 4.16. The molecule has 7 heteroatoms. The second-order valence-corrected chi connectivity index (χ2v) is 7.92. The van der Waals surface area contributed by atoms with Crippen molar-refractivity contribution in [3.63, 3.8) is 0 Å². The molecule has 2 N–H and O–H groups in total. The van der Waals surface area contributed by atoms with Crippen molar-refractivity contribution < 1.29 is 4.79 Å². The monoisotopic (exact) mass is 384 g/mol. The Morgan fingerprint density at radius 3 is 2.81 bits per heavy atom. The first-order valence-electron chi connectivity index (χ1n) is 8.32. The summed E-state index contributed by atoms with van der Waals surface area (Å²) in [7, 11) is 0. The van der Waals surface area contributed by atoms with E-state index in [-0.39, 0.29) is 5.91 Å². The van der Waals surface area contributed by atoms with Gasteiger partial charge in [0.05, 0.1) is 5.75 Å². The van der Waals surface area contributed by atoms with Gasteiger partial charge < -0.3 is 10.6 Å². The van der Waals surface area contributed by atoms with Crippen LogP contribution in [0.25, 0.3) is 0 Å². The molecule has 0 saturated carbocycles. The Labute approximate surface area is 161 Å². The molecule has 0 aliphatic rings. The van der Waals surface area contributed by atoms with Crippen LogP contribution in [0.2, 0.25) is 0 Å². The molecule has 2 aromatic carbocycles. The van der Waals surface area contributed by atoms with Gasteiger partial charge in [0.25, 0.3) is 0 Å². The minimum absolute atomic E-state index is 0.0423. The van der Waals surface area contributed by atoms with Gasteiger partial charge in [0.1, 0.15) is 0 Å². The van der Waals surface area contributed by atoms with Crippen molar-refractivity contribution in [2.45, 2.75) is 24.6 Å². The van der Waals surface area contributed by atoms with E-state index in [1.54, 1.807) is 0 Å². The summed E-state index contributed by atoms with van der Waals surface area (Å²) in [6, 6.07) is 15.9. The fraction of sp³-hybridized carbons (Fsp3) is 0.211. The predicted molar refractivity (Wildman–Crippen MR) is 110 cm³/mol. The molecule has 0 spiro atoms. The number of nitrogens with zero attached hydrogens (tertiary/aromatic N) is 2.